The van der Waals surface area contributed by atoms with E-state index >= 15 is 0 Å². The van der Waals surface area contributed by atoms with Crippen LogP contribution >= 0.6 is 11.6 Å². The minimum Gasteiger partial charge on any atom is -0.481 e. The van der Waals surface area contributed by atoms with Crippen molar-refractivity contribution in [1.82, 2.24) is 5.16 Å². The lowest BCUT2D eigenvalue weighted by atomic mass is 9.86. The molecule has 0 fully saturated rings. The van der Waals surface area contributed by atoms with Crippen LogP contribution in [-0.2, 0) is 17.6 Å². The molecule has 5 heteroatoms. The molecule has 1 heterocycles. The Labute approximate surface area is 115 Å². The topological polar surface area (TPSA) is 63.3 Å². The van der Waals surface area contributed by atoms with Crippen molar-refractivity contribution in [1.29, 1.82) is 0 Å². The van der Waals surface area contributed by atoms with Gasteiger partial charge in [0.2, 0.25) is 0 Å². The lowest BCUT2D eigenvalue weighted by Gasteiger charge is -2.16. The predicted molar refractivity (Wildman–Crippen MR) is 70.1 cm³/mol. The molecule has 2 aromatic rings. The first-order chi connectivity index (χ1) is 9.15. The SMILES string of the molecule is O=C(O)C1CCc2c(-c3ccc(Cl)cc3)noc2C1. The summed E-state index contributed by atoms with van der Waals surface area (Å²) in [6.07, 6.45) is 1.74. The highest BCUT2D eigenvalue weighted by Crippen LogP contribution is 2.33. The van der Waals surface area contributed by atoms with E-state index in [1.165, 1.54) is 0 Å². The molecule has 0 radical (unpaired) electrons. The third-order valence-electron chi connectivity index (χ3n) is 3.51. The molecule has 3 rings (SSSR count). The van der Waals surface area contributed by atoms with Gasteiger partial charge in [0.1, 0.15) is 11.5 Å². The number of nitrogens with zero attached hydrogens (tertiary/aromatic N) is 1. The number of benzene rings is 1. The molecule has 98 valence electrons. The van der Waals surface area contributed by atoms with E-state index in [-0.39, 0.29) is 5.92 Å². The number of hydrogen-bond acceptors (Lipinski definition) is 3. The molecule has 0 amide bonds. The second-order valence-electron chi connectivity index (χ2n) is 4.72. The largest absolute Gasteiger partial charge is 0.481 e. The Morgan fingerprint density at radius 3 is 2.79 bits per heavy atom. The molecule has 0 saturated heterocycles. The molecule has 0 spiro atoms. The highest BCUT2D eigenvalue weighted by atomic mass is 35.5. The molecule has 1 aromatic carbocycles. The van der Waals surface area contributed by atoms with Gasteiger partial charge in [0.05, 0.1) is 5.92 Å². The van der Waals surface area contributed by atoms with Crippen molar-refractivity contribution in [3.63, 3.8) is 0 Å². The summed E-state index contributed by atoms with van der Waals surface area (Å²) in [6.45, 7) is 0. The van der Waals surface area contributed by atoms with E-state index in [9.17, 15) is 4.79 Å². The van der Waals surface area contributed by atoms with E-state index in [4.69, 9.17) is 21.2 Å². The van der Waals surface area contributed by atoms with Crippen LogP contribution in [0.25, 0.3) is 11.3 Å². The van der Waals surface area contributed by atoms with Crippen molar-refractivity contribution in [3.8, 4) is 11.3 Å². The number of hydrogen-bond donors (Lipinski definition) is 1. The third-order valence-corrected chi connectivity index (χ3v) is 3.76. The first-order valence-electron chi connectivity index (χ1n) is 6.11. The van der Waals surface area contributed by atoms with Crippen LogP contribution in [0.3, 0.4) is 0 Å². The molecule has 19 heavy (non-hydrogen) atoms. The Balaban J connectivity index is 1.95. The molecule has 4 nitrogen and oxygen atoms in total. The number of aliphatic carboxylic acids is 1. The highest BCUT2D eigenvalue weighted by Gasteiger charge is 2.29. The van der Waals surface area contributed by atoms with Crippen LogP contribution in [-0.4, -0.2) is 16.2 Å². The Kier molecular flexibility index (Phi) is 3.03. The van der Waals surface area contributed by atoms with Crippen molar-refractivity contribution in [2.24, 2.45) is 5.92 Å². The van der Waals surface area contributed by atoms with Crippen molar-refractivity contribution in [2.75, 3.05) is 0 Å². The first kappa shape index (κ1) is 12.2. The van der Waals surface area contributed by atoms with Crippen LogP contribution in [0.4, 0.5) is 0 Å². The van der Waals surface area contributed by atoms with Gasteiger partial charge in [-0.2, -0.15) is 0 Å². The number of carboxylic acid groups (broad SMARTS) is 1. The van der Waals surface area contributed by atoms with Crippen LogP contribution in [0.15, 0.2) is 28.8 Å². The van der Waals surface area contributed by atoms with Gasteiger partial charge in [0, 0.05) is 22.6 Å². The third kappa shape index (κ3) is 2.24. The molecule has 0 aliphatic heterocycles. The molecule has 0 bridgehead atoms. The standard InChI is InChI=1S/C14H12ClNO3/c15-10-4-1-8(2-5-10)13-11-6-3-9(14(17)18)7-12(11)19-16-13/h1-2,4-5,9H,3,6-7H2,(H,17,18). The summed E-state index contributed by atoms with van der Waals surface area (Å²) in [4.78, 5) is 11.0. The van der Waals surface area contributed by atoms with Crippen LogP contribution in [0.5, 0.6) is 0 Å². The monoisotopic (exact) mass is 277 g/mol. The summed E-state index contributed by atoms with van der Waals surface area (Å²) in [5.74, 6) is -0.433. The fraction of sp³-hybridized carbons (Fsp3) is 0.286. The Morgan fingerprint density at radius 2 is 2.11 bits per heavy atom. The summed E-state index contributed by atoms with van der Waals surface area (Å²) in [7, 11) is 0. The van der Waals surface area contributed by atoms with Gasteiger partial charge >= 0.3 is 5.97 Å². The van der Waals surface area contributed by atoms with Gasteiger partial charge in [-0.1, -0.05) is 28.9 Å². The zero-order valence-corrected chi connectivity index (χ0v) is 10.9. The van der Waals surface area contributed by atoms with Gasteiger partial charge in [0.15, 0.2) is 0 Å². The summed E-state index contributed by atoms with van der Waals surface area (Å²) >= 11 is 5.86. The maximum atomic E-state index is 11.0. The van der Waals surface area contributed by atoms with Crippen molar-refractivity contribution in [3.05, 3.63) is 40.6 Å². The highest BCUT2D eigenvalue weighted by molar-refractivity contribution is 6.30. The minimum absolute atomic E-state index is 0.362. The minimum atomic E-state index is -0.768. The van der Waals surface area contributed by atoms with Crippen LogP contribution in [0.2, 0.25) is 5.02 Å². The Morgan fingerprint density at radius 1 is 1.37 bits per heavy atom. The zero-order chi connectivity index (χ0) is 13.4. The molecule has 1 aliphatic carbocycles. The fourth-order valence-electron chi connectivity index (χ4n) is 2.45. The van der Waals surface area contributed by atoms with Crippen LogP contribution in [0, 0.1) is 5.92 Å². The molecule has 1 aliphatic rings. The van der Waals surface area contributed by atoms with E-state index < -0.39 is 5.97 Å². The van der Waals surface area contributed by atoms with E-state index in [0.29, 0.717) is 30.0 Å². The van der Waals surface area contributed by atoms with Crippen molar-refractivity contribution >= 4 is 17.6 Å². The average molecular weight is 278 g/mol. The number of carbonyl (C=O) groups is 1. The quantitative estimate of drug-likeness (QED) is 0.916. The van der Waals surface area contributed by atoms with Gasteiger partial charge in [0.25, 0.3) is 0 Å². The molecule has 1 aromatic heterocycles. The summed E-state index contributed by atoms with van der Waals surface area (Å²) in [6, 6.07) is 7.40. The normalized spacial score (nSPS) is 18.1. The number of aromatic nitrogens is 1. The van der Waals surface area contributed by atoms with Crippen molar-refractivity contribution in [2.45, 2.75) is 19.3 Å². The van der Waals surface area contributed by atoms with E-state index in [2.05, 4.69) is 5.16 Å². The Bertz CT molecular complexity index is 618. The summed E-state index contributed by atoms with van der Waals surface area (Å²) in [5, 5.41) is 13.8. The fourth-order valence-corrected chi connectivity index (χ4v) is 2.58. The summed E-state index contributed by atoms with van der Waals surface area (Å²) < 4.78 is 5.31. The van der Waals surface area contributed by atoms with Gasteiger partial charge in [-0.25, -0.2) is 0 Å². The molecule has 1 atom stereocenters. The van der Waals surface area contributed by atoms with Crippen LogP contribution in [0.1, 0.15) is 17.7 Å². The number of halogens is 1. The van der Waals surface area contributed by atoms with Gasteiger partial charge in [-0.15, -0.1) is 0 Å². The second kappa shape index (κ2) is 4.70. The van der Waals surface area contributed by atoms with E-state index in [1.54, 1.807) is 12.1 Å². The number of fused-ring (bicyclic) bond motifs is 1. The van der Waals surface area contributed by atoms with Gasteiger partial charge in [-0.05, 0) is 25.0 Å². The smallest absolute Gasteiger partial charge is 0.306 e. The van der Waals surface area contributed by atoms with E-state index in [0.717, 1.165) is 16.8 Å². The molecular formula is C14H12ClNO3. The molecular weight excluding hydrogens is 266 g/mol. The van der Waals surface area contributed by atoms with Gasteiger partial charge in [-0.3, -0.25) is 4.79 Å². The maximum Gasteiger partial charge on any atom is 0.306 e. The maximum absolute atomic E-state index is 11.0. The average Bonchev–Trinajstić information content (AvgIpc) is 2.82. The molecule has 0 saturated carbocycles. The van der Waals surface area contributed by atoms with E-state index in [1.807, 2.05) is 12.1 Å². The zero-order valence-electron chi connectivity index (χ0n) is 10.1. The molecule has 1 N–H and O–H groups in total. The lowest BCUT2D eigenvalue weighted by molar-refractivity contribution is -0.142. The second-order valence-corrected chi connectivity index (χ2v) is 5.15. The van der Waals surface area contributed by atoms with Crippen molar-refractivity contribution < 1.29 is 14.4 Å². The molecule has 1 unspecified atom stereocenters. The van der Waals surface area contributed by atoms with Gasteiger partial charge < -0.3 is 9.63 Å². The lowest BCUT2D eigenvalue weighted by Crippen LogP contribution is -2.21. The predicted octanol–water partition coefficient (Wildman–Crippen LogP) is 3.18. The number of rotatable bonds is 2. The first-order valence-corrected chi connectivity index (χ1v) is 6.49. The van der Waals surface area contributed by atoms with Crippen LogP contribution < -0.4 is 0 Å². The number of carboxylic acids is 1. The Hall–Kier alpha value is -1.81. The summed E-state index contributed by atoms with van der Waals surface area (Å²) in [5.41, 5.74) is 2.78.